The molecule has 0 saturated carbocycles. The molecule has 0 aliphatic rings. The van der Waals surface area contributed by atoms with E-state index in [1.165, 1.54) is 24.3 Å². The van der Waals surface area contributed by atoms with Crippen molar-refractivity contribution < 1.29 is 8.78 Å². The van der Waals surface area contributed by atoms with Gasteiger partial charge in [-0.1, -0.05) is 36.4 Å². The summed E-state index contributed by atoms with van der Waals surface area (Å²) in [4.78, 5) is 9.14. The topological polar surface area (TPSA) is 25.8 Å². The first kappa shape index (κ1) is 18.0. The highest BCUT2D eigenvalue weighted by Gasteiger charge is 2.30. The summed E-state index contributed by atoms with van der Waals surface area (Å²) in [6.07, 6.45) is 3.48. The molecule has 0 unspecified atom stereocenters. The van der Waals surface area contributed by atoms with Crippen LogP contribution in [0, 0.1) is 11.6 Å². The van der Waals surface area contributed by atoms with Gasteiger partial charge in [-0.05, 0) is 59.7 Å². The summed E-state index contributed by atoms with van der Waals surface area (Å²) >= 11 is 0. The van der Waals surface area contributed by atoms with Gasteiger partial charge in [0.05, 0.1) is 0 Å². The SMILES string of the molecule is Fc1ccc([C@@H](c2ccccn2)[C@@H](c2ccc(F)cc2)c2ccccn2)cc1. The lowest BCUT2D eigenvalue weighted by Gasteiger charge is -2.27. The van der Waals surface area contributed by atoms with E-state index in [2.05, 4.69) is 9.97 Å². The van der Waals surface area contributed by atoms with E-state index in [-0.39, 0.29) is 23.5 Å². The Balaban J connectivity index is 1.93. The predicted octanol–water partition coefficient (Wildman–Crippen LogP) is 5.72. The van der Waals surface area contributed by atoms with E-state index in [0.29, 0.717) is 0 Å². The average Bonchev–Trinajstić information content (AvgIpc) is 2.75. The van der Waals surface area contributed by atoms with Crippen LogP contribution in [0.1, 0.15) is 34.4 Å². The lowest BCUT2D eigenvalue weighted by Crippen LogP contribution is -2.17. The van der Waals surface area contributed by atoms with E-state index in [1.807, 2.05) is 36.4 Å². The molecule has 0 spiro atoms. The number of halogens is 2. The average molecular weight is 372 g/mol. The van der Waals surface area contributed by atoms with Gasteiger partial charge < -0.3 is 0 Å². The third-order valence-corrected chi connectivity index (χ3v) is 4.80. The molecule has 0 bridgehead atoms. The summed E-state index contributed by atoms with van der Waals surface area (Å²) in [6.45, 7) is 0. The first-order valence-corrected chi connectivity index (χ1v) is 9.05. The second-order valence-corrected chi connectivity index (χ2v) is 6.57. The number of hydrogen-bond acceptors (Lipinski definition) is 2. The van der Waals surface area contributed by atoms with Crippen molar-refractivity contribution in [1.82, 2.24) is 9.97 Å². The molecule has 28 heavy (non-hydrogen) atoms. The van der Waals surface area contributed by atoms with Crippen LogP contribution in [0.2, 0.25) is 0 Å². The highest BCUT2D eigenvalue weighted by Crippen LogP contribution is 2.41. The Labute approximate surface area is 162 Å². The van der Waals surface area contributed by atoms with Gasteiger partial charge in [0.25, 0.3) is 0 Å². The number of aromatic nitrogens is 2. The van der Waals surface area contributed by atoms with E-state index in [4.69, 9.17) is 0 Å². The molecule has 2 nitrogen and oxygen atoms in total. The van der Waals surface area contributed by atoms with Gasteiger partial charge in [0, 0.05) is 35.6 Å². The lowest BCUT2D eigenvalue weighted by molar-refractivity contribution is 0.615. The molecule has 2 heterocycles. The van der Waals surface area contributed by atoms with E-state index >= 15 is 0 Å². The molecule has 0 saturated heterocycles. The zero-order valence-electron chi connectivity index (χ0n) is 15.0. The van der Waals surface area contributed by atoms with Gasteiger partial charge in [0.1, 0.15) is 11.6 Å². The van der Waals surface area contributed by atoms with Gasteiger partial charge in [-0.15, -0.1) is 0 Å². The van der Waals surface area contributed by atoms with Crippen molar-refractivity contribution in [2.45, 2.75) is 11.8 Å². The van der Waals surface area contributed by atoms with Crippen LogP contribution in [0.3, 0.4) is 0 Å². The van der Waals surface area contributed by atoms with Crippen LogP contribution in [0.4, 0.5) is 8.78 Å². The van der Waals surface area contributed by atoms with Gasteiger partial charge in [-0.25, -0.2) is 8.78 Å². The Kier molecular flexibility index (Phi) is 5.20. The third-order valence-electron chi connectivity index (χ3n) is 4.80. The molecule has 4 aromatic rings. The molecule has 0 radical (unpaired) electrons. The van der Waals surface area contributed by atoms with Gasteiger partial charge in [-0.2, -0.15) is 0 Å². The van der Waals surface area contributed by atoms with Crippen molar-refractivity contribution in [3.8, 4) is 0 Å². The summed E-state index contributed by atoms with van der Waals surface area (Å²) in [6, 6.07) is 24.4. The Morgan fingerprint density at radius 3 is 1.21 bits per heavy atom. The first-order valence-electron chi connectivity index (χ1n) is 9.05. The minimum absolute atomic E-state index is 0.206. The summed E-state index contributed by atoms with van der Waals surface area (Å²) in [5.74, 6) is -0.997. The number of nitrogens with zero attached hydrogens (tertiary/aromatic N) is 2. The Morgan fingerprint density at radius 1 is 0.500 bits per heavy atom. The van der Waals surface area contributed by atoms with Crippen LogP contribution >= 0.6 is 0 Å². The lowest BCUT2D eigenvalue weighted by atomic mass is 9.77. The van der Waals surface area contributed by atoms with Gasteiger partial charge >= 0.3 is 0 Å². The van der Waals surface area contributed by atoms with Crippen LogP contribution in [0.25, 0.3) is 0 Å². The highest BCUT2D eigenvalue weighted by molar-refractivity contribution is 5.41. The Hall–Kier alpha value is -3.40. The molecule has 0 N–H and O–H groups in total. The summed E-state index contributed by atoms with van der Waals surface area (Å²) < 4.78 is 27.1. The van der Waals surface area contributed by atoms with Crippen molar-refractivity contribution in [3.63, 3.8) is 0 Å². The molecular weight excluding hydrogens is 354 g/mol. The van der Waals surface area contributed by atoms with Crippen LogP contribution in [-0.2, 0) is 0 Å². The highest BCUT2D eigenvalue weighted by atomic mass is 19.1. The Bertz CT molecular complexity index is 931. The minimum atomic E-state index is -0.292. The van der Waals surface area contributed by atoms with Crippen molar-refractivity contribution >= 4 is 0 Å². The van der Waals surface area contributed by atoms with Crippen LogP contribution < -0.4 is 0 Å². The quantitative estimate of drug-likeness (QED) is 0.448. The fourth-order valence-corrected chi connectivity index (χ4v) is 3.53. The van der Waals surface area contributed by atoms with Crippen LogP contribution in [0.15, 0.2) is 97.3 Å². The van der Waals surface area contributed by atoms with Crippen molar-refractivity contribution in [2.24, 2.45) is 0 Å². The number of pyridine rings is 2. The molecule has 0 aliphatic heterocycles. The minimum Gasteiger partial charge on any atom is -0.261 e. The van der Waals surface area contributed by atoms with Crippen molar-refractivity contribution in [3.05, 3.63) is 131 Å². The molecule has 0 fully saturated rings. The maximum atomic E-state index is 13.6. The van der Waals surface area contributed by atoms with E-state index in [1.54, 1.807) is 36.7 Å². The van der Waals surface area contributed by atoms with Gasteiger partial charge in [0.15, 0.2) is 0 Å². The predicted molar refractivity (Wildman–Crippen MR) is 105 cm³/mol. The molecule has 2 aromatic heterocycles. The van der Waals surface area contributed by atoms with Crippen molar-refractivity contribution in [1.29, 1.82) is 0 Å². The first-order chi connectivity index (χ1) is 13.7. The van der Waals surface area contributed by atoms with Crippen molar-refractivity contribution in [2.75, 3.05) is 0 Å². The zero-order chi connectivity index (χ0) is 19.3. The molecule has 2 atom stereocenters. The fraction of sp³-hybridized carbons (Fsp3) is 0.0833. The number of benzene rings is 2. The standard InChI is InChI=1S/C24H18F2N2/c25-19-11-7-17(8-12-19)23(21-5-1-3-15-27-21)24(22-6-2-4-16-28-22)18-9-13-20(26)14-10-18/h1-16,23-24H/t23-,24-/m0/s1. The molecule has 4 heteroatoms. The summed E-state index contributed by atoms with van der Waals surface area (Å²) in [5, 5.41) is 0. The molecule has 0 aliphatic carbocycles. The molecule has 138 valence electrons. The second kappa shape index (κ2) is 8.09. The zero-order valence-corrected chi connectivity index (χ0v) is 15.0. The Morgan fingerprint density at radius 2 is 0.893 bits per heavy atom. The largest absolute Gasteiger partial charge is 0.261 e. The third kappa shape index (κ3) is 3.81. The van der Waals surface area contributed by atoms with E-state index in [9.17, 15) is 8.78 Å². The second-order valence-electron chi connectivity index (χ2n) is 6.57. The van der Waals surface area contributed by atoms with Gasteiger partial charge in [-0.3, -0.25) is 9.97 Å². The maximum absolute atomic E-state index is 13.6. The number of hydrogen-bond donors (Lipinski definition) is 0. The molecule has 2 aromatic carbocycles. The summed E-state index contributed by atoms with van der Waals surface area (Å²) in [5.41, 5.74) is 3.52. The summed E-state index contributed by atoms with van der Waals surface area (Å²) in [7, 11) is 0. The smallest absolute Gasteiger partial charge is 0.123 e. The van der Waals surface area contributed by atoms with E-state index in [0.717, 1.165) is 22.5 Å². The fourth-order valence-electron chi connectivity index (χ4n) is 3.53. The maximum Gasteiger partial charge on any atom is 0.123 e. The van der Waals surface area contributed by atoms with Crippen LogP contribution in [0.5, 0.6) is 0 Å². The molecule has 0 amide bonds. The van der Waals surface area contributed by atoms with Gasteiger partial charge in [0.2, 0.25) is 0 Å². The normalized spacial score (nSPS) is 13.1. The van der Waals surface area contributed by atoms with E-state index < -0.39 is 0 Å². The molecule has 4 rings (SSSR count). The number of rotatable bonds is 5. The molecular formula is C24H18F2N2. The van der Waals surface area contributed by atoms with Crippen LogP contribution in [-0.4, -0.2) is 9.97 Å². The monoisotopic (exact) mass is 372 g/mol.